The van der Waals surface area contributed by atoms with Gasteiger partial charge in [-0.1, -0.05) is 18.2 Å². The van der Waals surface area contributed by atoms with Gasteiger partial charge in [0.1, 0.15) is 18.4 Å². The number of hydrogen-bond acceptors (Lipinski definition) is 4. The molecule has 1 aliphatic rings. The van der Waals surface area contributed by atoms with Crippen LogP contribution in [0.1, 0.15) is 28.7 Å². The summed E-state index contributed by atoms with van der Waals surface area (Å²) in [6.07, 6.45) is 1.87. The number of rotatable bonds is 3. The number of nitrogens with two attached hydrogens (primary N) is 1. The SMILES string of the molecule is Cc1cc(C)c(C=[N+]2C(CC(=O)NN)=Nc3ccccc32)c(O)c1C.Cl. The van der Waals surface area contributed by atoms with Gasteiger partial charge < -0.3 is 5.11 Å². The van der Waals surface area contributed by atoms with Gasteiger partial charge in [-0.05, 0) is 54.6 Å². The zero-order valence-electron chi connectivity index (χ0n) is 14.9. The van der Waals surface area contributed by atoms with E-state index in [1.165, 1.54) is 0 Å². The maximum atomic E-state index is 11.7. The van der Waals surface area contributed by atoms with Crippen LogP contribution >= 0.6 is 12.4 Å². The van der Waals surface area contributed by atoms with E-state index in [4.69, 9.17) is 5.84 Å². The molecule has 0 atom stereocenters. The molecule has 26 heavy (non-hydrogen) atoms. The van der Waals surface area contributed by atoms with Gasteiger partial charge in [0.2, 0.25) is 11.6 Å². The zero-order valence-corrected chi connectivity index (χ0v) is 15.7. The summed E-state index contributed by atoms with van der Waals surface area (Å²) in [4.78, 5) is 16.3. The van der Waals surface area contributed by atoms with Crippen molar-refractivity contribution in [2.24, 2.45) is 10.8 Å². The first-order chi connectivity index (χ1) is 11.9. The normalized spacial score (nSPS) is 13.8. The first-order valence-electron chi connectivity index (χ1n) is 8.02. The molecule has 2 aromatic carbocycles. The molecule has 4 N–H and O–H groups in total. The number of aromatic hydroxyl groups is 1. The Morgan fingerprint density at radius 3 is 2.65 bits per heavy atom. The van der Waals surface area contributed by atoms with E-state index in [1.807, 2.05) is 61.9 Å². The van der Waals surface area contributed by atoms with E-state index in [-0.39, 0.29) is 30.5 Å². The van der Waals surface area contributed by atoms with Gasteiger partial charge in [-0.25, -0.2) is 5.84 Å². The fraction of sp³-hybridized carbons (Fsp3) is 0.211. The Bertz CT molecular complexity index is 935. The number of benzene rings is 2. The summed E-state index contributed by atoms with van der Waals surface area (Å²) >= 11 is 0. The van der Waals surface area contributed by atoms with Crippen LogP contribution in [0.25, 0.3) is 0 Å². The zero-order chi connectivity index (χ0) is 18.1. The van der Waals surface area contributed by atoms with Gasteiger partial charge >= 0.3 is 5.84 Å². The van der Waals surface area contributed by atoms with Crippen molar-refractivity contribution >= 4 is 41.7 Å². The molecule has 0 spiro atoms. The maximum Gasteiger partial charge on any atom is 0.314 e. The highest BCUT2D eigenvalue weighted by atomic mass is 35.5. The van der Waals surface area contributed by atoms with Crippen molar-refractivity contribution in [1.29, 1.82) is 0 Å². The Morgan fingerprint density at radius 2 is 1.96 bits per heavy atom. The van der Waals surface area contributed by atoms with Crippen LogP contribution < -0.4 is 11.3 Å². The number of carbonyl (C=O) groups is 1. The molecule has 7 heteroatoms. The average molecular weight is 374 g/mol. The van der Waals surface area contributed by atoms with Crippen LogP contribution in [-0.2, 0) is 4.79 Å². The van der Waals surface area contributed by atoms with Crippen molar-refractivity contribution in [3.8, 4) is 5.75 Å². The van der Waals surface area contributed by atoms with E-state index < -0.39 is 0 Å². The Labute approximate surface area is 158 Å². The molecule has 0 radical (unpaired) electrons. The number of hydrogen-bond donors (Lipinski definition) is 3. The first kappa shape index (κ1) is 19.6. The second kappa shape index (κ2) is 7.68. The van der Waals surface area contributed by atoms with Crippen LogP contribution in [0.15, 0.2) is 35.3 Å². The fourth-order valence-corrected chi connectivity index (χ4v) is 2.94. The van der Waals surface area contributed by atoms with Crippen molar-refractivity contribution in [2.45, 2.75) is 27.2 Å². The van der Waals surface area contributed by atoms with Crippen LogP contribution in [-0.4, -0.2) is 27.6 Å². The lowest BCUT2D eigenvalue weighted by molar-refractivity contribution is -0.296. The number of nitrogens with zero attached hydrogens (tertiary/aromatic N) is 2. The van der Waals surface area contributed by atoms with E-state index in [0.29, 0.717) is 11.4 Å². The largest absolute Gasteiger partial charge is 0.507 e. The predicted octanol–water partition coefficient (Wildman–Crippen LogP) is 2.93. The molecule has 3 rings (SSSR count). The fourth-order valence-electron chi connectivity index (χ4n) is 2.94. The summed E-state index contributed by atoms with van der Waals surface area (Å²) in [5.74, 6) is 5.68. The van der Waals surface area contributed by atoms with Gasteiger partial charge in [0.15, 0.2) is 5.69 Å². The second-order valence-corrected chi connectivity index (χ2v) is 6.16. The van der Waals surface area contributed by atoms with Crippen LogP contribution in [0.5, 0.6) is 5.75 Å². The summed E-state index contributed by atoms with van der Waals surface area (Å²) in [5.41, 5.74) is 7.30. The monoisotopic (exact) mass is 373 g/mol. The van der Waals surface area contributed by atoms with Gasteiger partial charge in [-0.2, -0.15) is 4.58 Å². The number of amides is 1. The summed E-state index contributed by atoms with van der Waals surface area (Å²) in [6, 6.07) is 9.65. The van der Waals surface area contributed by atoms with E-state index in [0.717, 1.165) is 28.1 Å². The minimum absolute atomic E-state index is 0. The van der Waals surface area contributed by atoms with Crippen molar-refractivity contribution < 1.29 is 14.5 Å². The van der Waals surface area contributed by atoms with E-state index >= 15 is 0 Å². The average Bonchev–Trinajstić information content (AvgIpc) is 2.93. The highest BCUT2D eigenvalue weighted by Gasteiger charge is 2.31. The molecule has 1 aliphatic heterocycles. The Morgan fingerprint density at radius 1 is 1.27 bits per heavy atom. The lowest BCUT2D eigenvalue weighted by Crippen LogP contribution is -2.33. The maximum absolute atomic E-state index is 11.7. The van der Waals surface area contributed by atoms with E-state index in [1.54, 1.807) is 0 Å². The van der Waals surface area contributed by atoms with Crippen molar-refractivity contribution in [3.05, 3.63) is 52.6 Å². The van der Waals surface area contributed by atoms with Crippen LogP contribution in [0.3, 0.4) is 0 Å². The van der Waals surface area contributed by atoms with Crippen LogP contribution in [0.2, 0.25) is 0 Å². The van der Waals surface area contributed by atoms with Crippen molar-refractivity contribution in [1.82, 2.24) is 5.43 Å². The molecule has 0 unspecified atom stereocenters. The lowest BCUT2D eigenvalue weighted by atomic mass is 9.99. The standard InChI is InChI=1S/C19H20N4O2.ClH/c1-11-8-12(2)14(19(25)13(11)3)10-23-16-7-5-4-6-15(16)21-17(23)9-18(24)22-20;/h4-8,10H,9,20H2,1-3H3,(H,22,24);1H/p+1. The minimum Gasteiger partial charge on any atom is -0.507 e. The van der Waals surface area contributed by atoms with Gasteiger partial charge in [0.05, 0.1) is 5.56 Å². The number of amidine groups is 1. The highest BCUT2D eigenvalue weighted by molar-refractivity contribution is 6.03. The molecule has 1 heterocycles. The predicted molar refractivity (Wildman–Crippen MR) is 105 cm³/mol. The third-order valence-electron chi connectivity index (χ3n) is 4.47. The minimum atomic E-state index is -0.328. The van der Waals surface area contributed by atoms with Crippen LogP contribution in [0.4, 0.5) is 11.4 Å². The third-order valence-corrected chi connectivity index (χ3v) is 4.47. The highest BCUT2D eigenvalue weighted by Crippen LogP contribution is 2.35. The number of aryl methyl sites for hydroxylation is 2. The van der Waals surface area contributed by atoms with Crippen LogP contribution in [0, 0.1) is 20.8 Å². The quantitative estimate of drug-likeness (QED) is 0.334. The summed E-state index contributed by atoms with van der Waals surface area (Å²) in [7, 11) is 0. The molecule has 0 fully saturated rings. The number of hydrazine groups is 1. The first-order valence-corrected chi connectivity index (χ1v) is 8.02. The molecule has 136 valence electrons. The van der Waals surface area contributed by atoms with Gasteiger partial charge in [0, 0.05) is 0 Å². The molecule has 2 aromatic rings. The molecular weight excluding hydrogens is 352 g/mol. The molecule has 0 bridgehead atoms. The number of fused-ring (bicyclic) bond motifs is 1. The number of nitrogens with one attached hydrogen (secondary N) is 1. The van der Waals surface area contributed by atoms with Gasteiger partial charge in [-0.3, -0.25) is 10.2 Å². The molecule has 0 saturated heterocycles. The summed E-state index contributed by atoms with van der Waals surface area (Å²) in [6.45, 7) is 5.80. The number of phenols is 1. The molecule has 0 saturated carbocycles. The lowest BCUT2D eigenvalue weighted by Gasteiger charge is -2.10. The van der Waals surface area contributed by atoms with Crippen molar-refractivity contribution in [2.75, 3.05) is 0 Å². The summed E-state index contributed by atoms with van der Waals surface area (Å²) < 4.78 is 1.83. The molecule has 6 nitrogen and oxygen atoms in total. The third kappa shape index (κ3) is 3.47. The smallest absolute Gasteiger partial charge is 0.314 e. The second-order valence-electron chi connectivity index (χ2n) is 6.16. The number of carbonyl (C=O) groups excluding carboxylic acids is 1. The molecular formula is C19H22ClN4O2+. The number of para-hydroxylation sites is 2. The van der Waals surface area contributed by atoms with Gasteiger partial charge in [-0.15, -0.1) is 12.4 Å². The Balaban J connectivity index is 0.00000243. The number of phenolic OH excluding ortho intramolecular Hbond substituents is 1. The van der Waals surface area contributed by atoms with E-state index in [9.17, 15) is 9.90 Å². The Kier molecular flexibility index (Phi) is 5.79. The topological polar surface area (TPSA) is 90.7 Å². The molecule has 0 aliphatic carbocycles. The molecule has 0 aromatic heterocycles. The number of halogens is 1. The number of aliphatic imine (C=N–C) groups is 1. The summed E-state index contributed by atoms with van der Waals surface area (Å²) in [5, 5.41) is 10.6. The van der Waals surface area contributed by atoms with Crippen molar-refractivity contribution in [3.63, 3.8) is 0 Å². The molecule has 1 amide bonds. The van der Waals surface area contributed by atoms with Gasteiger partial charge in [0.25, 0.3) is 0 Å². The van der Waals surface area contributed by atoms with E-state index in [2.05, 4.69) is 10.4 Å². The Hall–Kier alpha value is -2.70.